The molecule has 0 aliphatic carbocycles. The number of hydrogen-bond donors (Lipinski definition) is 2. The van der Waals surface area contributed by atoms with Gasteiger partial charge in [0, 0.05) is 34.3 Å². The van der Waals surface area contributed by atoms with Crippen molar-refractivity contribution >= 4 is 44.7 Å². The Morgan fingerprint density at radius 3 is 1.77 bits per heavy atom. The van der Waals surface area contributed by atoms with Crippen molar-refractivity contribution in [1.82, 2.24) is 0 Å². The van der Waals surface area contributed by atoms with Gasteiger partial charge in [-0.15, -0.1) is 0 Å². The smallest absolute Gasteiger partial charge is 0.132 e. The van der Waals surface area contributed by atoms with Crippen molar-refractivity contribution in [2.45, 2.75) is 12.5 Å². The van der Waals surface area contributed by atoms with E-state index in [-0.39, 0.29) is 17.5 Å². The third-order valence-electron chi connectivity index (χ3n) is 7.12. The van der Waals surface area contributed by atoms with E-state index >= 15 is 0 Å². The van der Waals surface area contributed by atoms with E-state index in [1.54, 1.807) is 12.4 Å². The maximum absolute atomic E-state index is 10.9. The van der Waals surface area contributed by atoms with Gasteiger partial charge in [0.1, 0.15) is 11.5 Å². The predicted molar refractivity (Wildman–Crippen MR) is 163 cm³/mol. The molecule has 0 spiro atoms. The molecule has 6 aromatic rings. The van der Waals surface area contributed by atoms with Crippen LogP contribution in [-0.4, -0.2) is 35.2 Å². The van der Waals surface area contributed by atoms with E-state index in [0.29, 0.717) is 24.1 Å². The number of phenolic OH excluding ortho intramolecular Hbond substituents is 2. The summed E-state index contributed by atoms with van der Waals surface area (Å²) in [5.41, 5.74) is 2.52. The van der Waals surface area contributed by atoms with Crippen molar-refractivity contribution in [3.63, 3.8) is 0 Å². The molecule has 0 aliphatic heterocycles. The number of benzene rings is 6. The second-order valence-corrected chi connectivity index (χ2v) is 9.76. The van der Waals surface area contributed by atoms with Crippen LogP contribution in [0.5, 0.6) is 11.5 Å². The van der Waals surface area contributed by atoms with Gasteiger partial charge in [0.15, 0.2) is 0 Å². The van der Waals surface area contributed by atoms with E-state index < -0.39 is 0 Å². The van der Waals surface area contributed by atoms with Gasteiger partial charge in [-0.1, -0.05) is 103 Å². The standard InChI is InChI=1S/C35H28N2O2/c38-34-29(17-15-26-8-3-5-11-32(26)34)21-36-23-31(20-24-13-14-25-7-1-2-10-28(25)19-24)37-22-30-18-16-27-9-4-6-12-33(27)35(30)39/h1-19,21-22,31,38-39H,20,23H2. The van der Waals surface area contributed by atoms with Crippen LogP contribution in [0.2, 0.25) is 0 Å². The van der Waals surface area contributed by atoms with Crippen LogP contribution >= 0.6 is 0 Å². The summed E-state index contributed by atoms with van der Waals surface area (Å²) in [6.07, 6.45) is 4.16. The minimum Gasteiger partial charge on any atom is -0.507 e. The molecule has 39 heavy (non-hydrogen) atoms. The SMILES string of the molecule is Oc1c(C=NCC(Cc2ccc3ccccc3c2)N=Cc2ccc3ccccc3c2O)ccc2ccccc12. The zero-order valence-electron chi connectivity index (χ0n) is 21.4. The van der Waals surface area contributed by atoms with Gasteiger partial charge in [-0.05, 0) is 45.7 Å². The zero-order chi connectivity index (χ0) is 26.6. The molecule has 0 heterocycles. The van der Waals surface area contributed by atoms with Gasteiger partial charge in [0.05, 0.1) is 12.6 Å². The molecule has 1 atom stereocenters. The number of aromatic hydroxyl groups is 2. The van der Waals surface area contributed by atoms with Crippen LogP contribution in [0.4, 0.5) is 0 Å². The highest BCUT2D eigenvalue weighted by Crippen LogP contribution is 2.29. The van der Waals surface area contributed by atoms with Gasteiger partial charge < -0.3 is 10.2 Å². The lowest BCUT2D eigenvalue weighted by Crippen LogP contribution is -2.13. The summed E-state index contributed by atoms with van der Waals surface area (Å²) in [6.45, 7) is 0.434. The molecular weight excluding hydrogens is 480 g/mol. The molecule has 2 N–H and O–H groups in total. The van der Waals surface area contributed by atoms with Crippen molar-refractivity contribution in [3.05, 3.63) is 132 Å². The first-order valence-corrected chi connectivity index (χ1v) is 13.1. The summed E-state index contributed by atoms with van der Waals surface area (Å²) >= 11 is 0. The molecule has 190 valence electrons. The minimum absolute atomic E-state index is 0.157. The monoisotopic (exact) mass is 508 g/mol. The Kier molecular flexibility index (Phi) is 6.75. The molecule has 0 aromatic heterocycles. The molecule has 0 saturated heterocycles. The van der Waals surface area contributed by atoms with Crippen molar-refractivity contribution in [3.8, 4) is 11.5 Å². The van der Waals surface area contributed by atoms with E-state index in [1.807, 2.05) is 84.9 Å². The van der Waals surface area contributed by atoms with Crippen LogP contribution in [0.1, 0.15) is 16.7 Å². The van der Waals surface area contributed by atoms with Gasteiger partial charge in [-0.3, -0.25) is 9.98 Å². The van der Waals surface area contributed by atoms with Crippen molar-refractivity contribution in [2.24, 2.45) is 9.98 Å². The van der Waals surface area contributed by atoms with Gasteiger partial charge in [-0.25, -0.2) is 0 Å². The Balaban J connectivity index is 1.29. The number of rotatable bonds is 7. The molecular formula is C35H28N2O2. The van der Waals surface area contributed by atoms with E-state index in [4.69, 9.17) is 9.98 Å². The average molecular weight is 509 g/mol. The molecule has 4 nitrogen and oxygen atoms in total. The first-order chi connectivity index (χ1) is 19.2. The van der Waals surface area contributed by atoms with E-state index in [1.165, 1.54) is 16.3 Å². The summed E-state index contributed by atoms with van der Waals surface area (Å²) in [5.74, 6) is 0.457. The van der Waals surface area contributed by atoms with Crippen LogP contribution < -0.4 is 0 Å². The highest BCUT2D eigenvalue weighted by atomic mass is 16.3. The molecule has 0 fully saturated rings. The number of phenols is 2. The molecule has 4 heteroatoms. The lowest BCUT2D eigenvalue weighted by atomic mass is 10.0. The number of nitrogens with zero attached hydrogens (tertiary/aromatic N) is 2. The lowest BCUT2D eigenvalue weighted by molar-refractivity contribution is 0.480. The van der Waals surface area contributed by atoms with Gasteiger partial charge in [0.25, 0.3) is 0 Å². The van der Waals surface area contributed by atoms with Gasteiger partial charge >= 0.3 is 0 Å². The Hall–Kier alpha value is -4.96. The third kappa shape index (κ3) is 5.23. The molecule has 0 radical (unpaired) electrons. The van der Waals surface area contributed by atoms with Crippen LogP contribution in [0.15, 0.2) is 125 Å². The van der Waals surface area contributed by atoms with Crippen LogP contribution in [-0.2, 0) is 6.42 Å². The molecule has 0 aliphatic rings. The maximum Gasteiger partial charge on any atom is 0.132 e. The molecule has 6 rings (SSSR count). The summed E-state index contributed by atoms with van der Waals surface area (Å²) in [5, 5.41) is 27.6. The number of hydrogen-bond acceptors (Lipinski definition) is 4. The Morgan fingerprint density at radius 1 is 0.564 bits per heavy atom. The summed E-state index contributed by atoms with van der Waals surface area (Å²) < 4.78 is 0. The average Bonchev–Trinajstić information content (AvgIpc) is 2.98. The maximum atomic E-state index is 10.9. The van der Waals surface area contributed by atoms with Crippen LogP contribution in [0.25, 0.3) is 32.3 Å². The lowest BCUT2D eigenvalue weighted by Gasteiger charge is -2.12. The third-order valence-corrected chi connectivity index (χ3v) is 7.12. The quantitative estimate of drug-likeness (QED) is 0.217. The first kappa shape index (κ1) is 24.4. The second kappa shape index (κ2) is 10.8. The topological polar surface area (TPSA) is 65.2 Å². The van der Waals surface area contributed by atoms with E-state index in [9.17, 15) is 10.2 Å². The minimum atomic E-state index is -0.157. The van der Waals surface area contributed by atoms with Gasteiger partial charge in [0.2, 0.25) is 0 Å². The van der Waals surface area contributed by atoms with Crippen LogP contribution in [0, 0.1) is 0 Å². The summed E-state index contributed by atoms with van der Waals surface area (Å²) in [4.78, 5) is 9.57. The number of fused-ring (bicyclic) bond motifs is 3. The largest absolute Gasteiger partial charge is 0.507 e. The molecule has 0 saturated carbocycles. The van der Waals surface area contributed by atoms with Crippen molar-refractivity contribution in [2.75, 3.05) is 6.54 Å². The Morgan fingerprint density at radius 2 is 1.10 bits per heavy atom. The Bertz CT molecular complexity index is 1860. The highest BCUT2D eigenvalue weighted by Gasteiger charge is 2.11. The fraction of sp³-hybridized carbons (Fsp3) is 0.0857. The van der Waals surface area contributed by atoms with Crippen LogP contribution in [0.3, 0.4) is 0 Å². The number of aliphatic imine (C=N–C) groups is 2. The second-order valence-electron chi connectivity index (χ2n) is 9.76. The molecule has 6 aromatic carbocycles. The molecule has 1 unspecified atom stereocenters. The first-order valence-electron chi connectivity index (χ1n) is 13.1. The fourth-order valence-electron chi connectivity index (χ4n) is 5.01. The summed E-state index contributed by atoms with van der Waals surface area (Å²) in [6, 6.07) is 37.9. The normalized spacial score (nSPS) is 12.7. The molecule has 0 bridgehead atoms. The highest BCUT2D eigenvalue weighted by molar-refractivity contribution is 5.98. The van der Waals surface area contributed by atoms with Crippen molar-refractivity contribution < 1.29 is 10.2 Å². The summed E-state index contributed by atoms with van der Waals surface area (Å²) in [7, 11) is 0. The van der Waals surface area contributed by atoms with E-state index in [2.05, 4.69) is 30.3 Å². The zero-order valence-corrected chi connectivity index (χ0v) is 21.4. The fourth-order valence-corrected chi connectivity index (χ4v) is 5.01. The Labute approximate surface area is 227 Å². The van der Waals surface area contributed by atoms with Crippen molar-refractivity contribution in [1.29, 1.82) is 0 Å². The van der Waals surface area contributed by atoms with E-state index in [0.717, 1.165) is 21.5 Å². The molecule has 0 amide bonds. The van der Waals surface area contributed by atoms with Gasteiger partial charge in [-0.2, -0.15) is 0 Å². The predicted octanol–water partition coefficient (Wildman–Crippen LogP) is 7.71.